The lowest BCUT2D eigenvalue weighted by Crippen LogP contribution is -2.39. The number of unbranched alkanes of at least 4 members (excludes halogenated alkanes) is 1. The Balaban J connectivity index is 2.19. The van der Waals surface area contributed by atoms with Crippen LogP contribution in [0.2, 0.25) is 0 Å². The summed E-state index contributed by atoms with van der Waals surface area (Å²) in [5, 5.41) is 0. The van der Waals surface area contributed by atoms with Crippen LogP contribution in [0.1, 0.15) is 54.1 Å². The molecule has 0 aliphatic rings. The minimum Gasteiger partial charge on any atom is -0.496 e. The summed E-state index contributed by atoms with van der Waals surface area (Å²) >= 11 is 0. The highest BCUT2D eigenvalue weighted by Gasteiger charge is 2.23. The zero-order chi connectivity index (χ0) is 23.5. The molecule has 0 aliphatic carbocycles. The van der Waals surface area contributed by atoms with Crippen LogP contribution in [-0.2, 0) is 16.0 Å². The molecule has 1 atom stereocenters. The molecule has 0 radical (unpaired) electrons. The lowest BCUT2D eigenvalue weighted by Gasteiger charge is -2.30. The summed E-state index contributed by atoms with van der Waals surface area (Å²) < 4.78 is 15.6. The fourth-order valence-electron chi connectivity index (χ4n) is 3.73. The monoisotopic (exact) mass is 441 g/mol. The molecule has 2 aromatic rings. The Morgan fingerprint density at radius 1 is 0.969 bits per heavy atom. The largest absolute Gasteiger partial charge is 0.496 e. The second-order valence-electron chi connectivity index (χ2n) is 7.91. The van der Waals surface area contributed by atoms with E-state index in [9.17, 15) is 9.59 Å². The first-order chi connectivity index (χ1) is 15.4. The van der Waals surface area contributed by atoms with Crippen molar-refractivity contribution in [3.05, 3.63) is 59.2 Å². The van der Waals surface area contributed by atoms with Gasteiger partial charge in [-0.15, -0.1) is 0 Å². The molecule has 6 heteroatoms. The van der Waals surface area contributed by atoms with E-state index in [0.717, 1.165) is 24.8 Å². The summed E-state index contributed by atoms with van der Waals surface area (Å²) in [6, 6.07) is 13.8. The van der Waals surface area contributed by atoms with Crippen molar-refractivity contribution < 1.29 is 23.8 Å². The number of aryl methyl sites for hydroxylation is 1. The van der Waals surface area contributed by atoms with Crippen LogP contribution in [0.25, 0.3) is 0 Å². The van der Waals surface area contributed by atoms with Gasteiger partial charge in [0.25, 0.3) is 5.91 Å². The topological polar surface area (TPSA) is 65.1 Å². The number of carbonyl (C=O) groups excluding carboxylic acids is 2. The number of ether oxygens (including phenoxy) is 3. The molecule has 0 heterocycles. The van der Waals surface area contributed by atoms with Crippen molar-refractivity contribution in [2.24, 2.45) is 0 Å². The maximum absolute atomic E-state index is 13.6. The predicted molar refractivity (Wildman–Crippen MR) is 125 cm³/mol. The van der Waals surface area contributed by atoms with Gasteiger partial charge in [-0.3, -0.25) is 9.59 Å². The van der Waals surface area contributed by atoms with Gasteiger partial charge in [0.2, 0.25) is 0 Å². The number of rotatable bonds is 12. The number of methoxy groups -OCH3 is 3. The van der Waals surface area contributed by atoms with E-state index in [2.05, 4.69) is 19.1 Å². The van der Waals surface area contributed by atoms with Gasteiger partial charge in [-0.25, -0.2) is 0 Å². The minimum absolute atomic E-state index is 0.0270. The molecule has 0 saturated heterocycles. The van der Waals surface area contributed by atoms with Crippen molar-refractivity contribution >= 4 is 11.9 Å². The van der Waals surface area contributed by atoms with Gasteiger partial charge >= 0.3 is 5.97 Å². The van der Waals surface area contributed by atoms with Crippen LogP contribution in [0, 0.1) is 6.92 Å². The number of nitrogens with zero attached hydrogens (tertiary/aromatic N) is 1. The molecule has 32 heavy (non-hydrogen) atoms. The van der Waals surface area contributed by atoms with Crippen molar-refractivity contribution in [1.82, 2.24) is 4.90 Å². The third-order valence-electron chi connectivity index (χ3n) is 5.74. The van der Waals surface area contributed by atoms with Gasteiger partial charge in [0.15, 0.2) is 0 Å². The van der Waals surface area contributed by atoms with E-state index in [1.165, 1.54) is 12.7 Å². The highest BCUT2D eigenvalue weighted by Crippen LogP contribution is 2.30. The van der Waals surface area contributed by atoms with E-state index >= 15 is 0 Å². The van der Waals surface area contributed by atoms with Crippen molar-refractivity contribution in [2.75, 3.05) is 27.9 Å². The molecule has 0 spiro atoms. The number of carbonyl (C=O) groups is 2. The predicted octanol–water partition coefficient (Wildman–Crippen LogP) is 4.82. The molecule has 0 aromatic heterocycles. The zero-order valence-electron chi connectivity index (χ0n) is 19.8. The Morgan fingerprint density at radius 3 is 2.16 bits per heavy atom. The highest BCUT2D eigenvalue weighted by molar-refractivity contribution is 5.95. The van der Waals surface area contributed by atoms with Crippen LogP contribution in [0.15, 0.2) is 42.5 Å². The molecule has 1 amide bonds. The molecule has 0 fully saturated rings. The summed E-state index contributed by atoms with van der Waals surface area (Å²) in [7, 11) is 4.56. The lowest BCUT2D eigenvalue weighted by atomic mass is 10.0. The molecule has 1 unspecified atom stereocenters. The first-order valence-corrected chi connectivity index (χ1v) is 11.1. The quantitative estimate of drug-likeness (QED) is 0.349. The maximum atomic E-state index is 13.6. The van der Waals surface area contributed by atoms with Crippen LogP contribution < -0.4 is 9.47 Å². The Bertz CT molecular complexity index is 856. The van der Waals surface area contributed by atoms with E-state index in [1.807, 2.05) is 30.0 Å². The van der Waals surface area contributed by atoms with E-state index in [1.54, 1.807) is 26.4 Å². The Hall–Kier alpha value is -3.02. The van der Waals surface area contributed by atoms with Gasteiger partial charge in [-0.1, -0.05) is 30.3 Å². The van der Waals surface area contributed by atoms with E-state index < -0.39 is 0 Å². The lowest BCUT2D eigenvalue weighted by molar-refractivity contribution is -0.140. The zero-order valence-corrected chi connectivity index (χ0v) is 19.8. The van der Waals surface area contributed by atoms with Crippen molar-refractivity contribution in [3.8, 4) is 11.5 Å². The van der Waals surface area contributed by atoms with Gasteiger partial charge in [0.05, 0.1) is 21.3 Å². The molecular formula is C26H35NO5. The van der Waals surface area contributed by atoms with Gasteiger partial charge < -0.3 is 19.1 Å². The van der Waals surface area contributed by atoms with Crippen LogP contribution in [0.4, 0.5) is 0 Å². The molecule has 0 aliphatic heterocycles. The highest BCUT2D eigenvalue weighted by atomic mass is 16.5. The summed E-state index contributed by atoms with van der Waals surface area (Å²) in [6.07, 6.45) is 3.46. The van der Waals surface area contributed by atoms with E-state index in [4.69, 9.17) is 14.2 Å². The maximum Gasteiger partial charge on any atom is 0.305 e. The van der Waals surface area contributed by atoms with E-state index in [-0.39, 0.29) is 17.9 Å². The third-order valence-corrected chi connectivity index (χ3v) is 5.74. The van der Waals surface area contributed by atoms with Crippen molar-refractivity contribution in [3.63, 3.8) is 0 Å². The Kier molecular flexibility index (Phi) is 10.1. The SMILES string of the molecule is COC(=O)CCCCN(C(=O)c1cc(OC)c(C)c(OC)c1)C(C)CCc1ccccc1. The normalized spacial score (nSPS) is 11.5. The van der Waals surface area contributed by atoms with Gasteiger partial charge in [-0.2, -0.15) is 0 Å². The Labute approximate surface area is 191 Å². The van der Waals surface area contributed by atoms with Gasteiger partial charge in [-0.05, 0) is 57.2 Å². The third kappa shape index (κ3) is 7.01. The fraction of sp³-hybridized carbons (Fsp3) is 0.462. The molecular weight excluding hydrogens is 406 g/mol. The molecule has 174 valence electrons. The second kappa shape index (κ2) is 12.7. The van der Waals surface area contributed by atoms with Crippen LogP contribution in [0.5, 0.6) is 11.5 Å². The standard InChI is InChI=1S/C26H35NO5/c1-19(14-15-21-11-7-6-8-12-21)27(16-10-9-13-25(28)32-5)26(29)22-17-23(30-3)20(2)24(18-22)31-4/h6-8,11-12,17-19H,9-10,13-16H2,1-5H3. The number of esters is 1. The van der Waals surface area contributed by atoms with Gasteiger partial charge in [0, 0.05) is 30.1 Å². The molecule has 0 bridgehead atoms. The second-order valence-corrected chi connectivity index (χ2v) is 7.91. The first kappa shape index (κ1) is 25.2. The van der Waals surface area contributed by atoms with Crippen molar-refractivity contribution in [2.45, 2.75) is 52.0 Å². The van der Waals surface area contributed by atoms with Crippen LogP contribution in [-0.4, -0.2) is 50.7 Å². The number of hydrogen-bond acceptors (Lipinski definition) is 5. The Morgan fingerprint density at radius 2 is 1.59 bits per heavy atom. The smallest absolute Gasteiger partial charge is 0.305 e. The van der Waals surface area contributed by atoms with E-state index in [0.29, 0.717) is 36.4 Å². The average molecular weight is 442 g/mol. The molecule has 6 nitrogen and oxygen atoms in total. The molecule has 0 saturated carbocycles. The number of amides is 1. The summed E-state index contributed by atoms with van der Waals surface area (Å²) in [5.74, 6) is 0.943. The van der Waals surface area contributed by atoms with Crippen LogP contribution >= 0.6 is 0 Å². The molecule has 2 rings (SSSR count). The number of benzene rings is 2. The van der Waals surface area contributed by atoms with Gasteiger partial charge in [0.1, 0.15) is 11.5 Å². The summed E-state index contributed by atoms with van der Waals surface area (Å²) in [4.78, 5) is 26.9. The average Bonchev–Trinajstić information content (AvgIpc) is 2.82. The fourth-order valence-corrected chi connectivity index (χ4v) is 3.73. The molecule has 2 aromatic carbocycles. The number of hydrogen-bond donors (Lipinski definition) is 0. The van der Waals surface area contributed by atoms with Crippen molar-refractivity contribution in [1.29, 1.82) is 0 Å². The summed E-state index contributed by atoms with van der Waals surface area (Å²) in [6.45, 7) is 4.53. The summed E-state index contributed by atoms with van der Waals surface area (Å²) in [5.41, 5.74) is 2.63. The van der Waals surface area contributed by atoms with Crippen LogP contribution in [0.3, 0.4) is 0 Å². The minimum atomic E-state index is -0.229. The molecule has 0 N–H and O–H groups in total. The first-order valence-electron chi connectivity index (χ1n) is 11.1.